The average Bonchev–Trinajstić information content (AvgIpc) is 2.83. The zero-order valence-corrected chi connectivity index (χ0v) is 10.8. The third-order valence-corrected chi connectivity index (χ3v) is 3.29. The summed E-state index contributed by atoms with van der Waals surface area (Å²) in [7, 11) is 1.72. The smallest absolute Gasteiger partial charge is 0.0713 e. The van der Waals surface area contributed by atoms with Gasteiger partial charge in [-0.05, 0) is 46.5 Å². The number of methoxy groups -OCH3 is 1. The van der Waals surface area contributed by atoms with Crippen molar-refractivity contribution in [3.8, 4) is 0 Å². The van der Waals surface area contributed by atoms with Gasteiger partial charge in [-0.2, -0.15) is 11.3 Å². The van der Waals surface area contributed by atoms with Gasteiger partial charge < -0.3 is 10.1 Å². The van der Waals surface area contributed by atoms with E-state index in [0.29, 0.717) is 6.61 Å². The standard InChI is InChI=1S/C14H17NOS/c1-16-10-13-3-2-4-14(9-13)15-7-5-12-6-8-17-11-12/h2-4,6,8-9,11,15H,5,7,10H2,1H3. The lowest BCUT2D eigenvalue weighted by Crippen LogP contribution is -2.04. The molecule has 3 heteroatoms. The van der Waals surface area contributed by atoms with Crippen LogP contribution in [0.4, 0.5) is 5.69 Å². The molecule has 0 saturated carbocycles. The van der Waals surface area contributed by atoms with Crippen LogP contribution in [-0.2, 0) is 17.8 Å². The van der Waals surface area contributed by atoms with Crippen molar-refractivity contribution in [1.82, 2.24) is 0 Å². The molecule has 0 spiro atoms. The number of thiophene rings is 1. The summed E-state index contributed by atoms with van der Waals surface area (Å²) in [6.07, 6.45) is 1.07. The van der Waals surface area contributed by atoms with Gasteiger partial charge in [0.1, 0.15) is 0 Å². The molecule has 0 aliphatic rings. The van der Waals surface area contributed by atoms with E-state index in [1.807, 2.05) is 0 Å². The molecule has 1 heterocycles. The Morgan fingerprint density at radius 1 is 1.24 bits per heavy atom. The third-order valence-electron chi connectivity index (χ3n) is 2.56. The van der Waals surface area contributed by atoms with E-state index in [9.17, 15) is 0 Å². The summed E-state index contributed by atoms with van der Waals surface area (Å²) < 4.78 is 5.12. The highest BCUT2D eigenvalue weighted by Crippen LogP contribution is 2.12. The van der Waals surface area contributed by atoms with E-state index in [1.54, 1.807) is 18.4 Å². The maximum atomic E-state index is 5.12. The van der Waals surface area contributed by atoms with Crippen molar-refractivity contribution >= 4 is 17.0 Å². The topological polar surface area (TPSA) is 21.3 Å². The number of hydrogen-bond donors (Lipinski definition) is 1. The number of hydrogen-bond acceptors (Lipinski definition) is 3. The fourth-order valence-electron chi connectivity index (χ4n) is 1.72. The van der Waals surface area contributed by atoms with Crippen LogP contribution in [0.5, 0.6) is 0 Å². The Balaban J connectivity index is 1.84. The second-order valence-corrected chi connectivity index (χ2v) is 4.72. The number of nitrogens with one attached hydrogen (secondary N) is 1. The first-order valence-electron chi connectivity index (χ1n) is 5.71. The Morgan fingerprint density at radius 2 is 2.18 bits per heavy atom. The summed E-state index contributed by atoms with van der Waals surface area (Å²) in [6.45, 7) is 1.63. The minimum Gasteiger partial charge on any atom is -0.385 e. The highest BCUT2D eigenvalue weighted by Gasteiger charge is 1.96. The Morgan fingerprint density at radius 3 is 2.94 bits per heavy atom. The summed E-state index contributed by atoms with van der Waals surface area (Å²) in [5.41, 5.74) is 3.76. The SMILES string of the molecule is COCc1cccc(NCCc2ccsc2)c1. The lowest BCUT2D eigenvalue weighted by molar-refractivity contribution is 0.185. The highest BCUT2D eigenvalue weighted by molar-refractivity contribution is 7.07. The quantitative estimate of drug-likeness (QED) is 0.843. The molecule has 2 aromatic rings. The molecule has 0 radical (unpaired) electrons. The molecular formula is C14H17NOS. The highest BCUT2D eigenvalue weighted by atomic mass is 32.1. The average molecular weight is 247 g/mol. The van der Waals surface area contributed by atoms with Crippen LogP contribution >= 0.6 is 11.3 Å². The van der Waals surface area contributed by atoms with Gasteiger partial charge >= 0.3 is 0 Å². The van der Waals surface area contributed by atoms with Crippen LogP contribution in [0.2, 0.25) is 0 Å². The third kappa shape index (κ3) is 3.88. The Hall–Kier alpha value is -1.32. The predicted octanol–water partition coefficient (Wildman–Crippen LogP) is 3.55. The first kappa shape index (κ1) is 12.1. The van der Waals surface area contributed by atoms with Crippen molar-refractivity contribution in [3.63, 3.8) is 0 Å². The molecule has 2 nitrogen and oxygen atoms in total. The largest absolute Gasteiger partial charge is 0.385 e. The van der Waals surface area contributed by atoms with Crippen molar-refractivity contribution in [2.75, 3.05) is 19.0 Å². The number of benzene rings is 1. The molecule has 0 bridgehead atoms. The molecule has 0 aliphatic carbocycles. The van der Waals surface area contributed by atoms with Crippen molar-refractivity contribution in [2.45, 2.75) is 13.0 Å². The van der Waals surface area contributed by atoms with Crippen molar-refractivity contribution < 1.29 is 4.74 Å². The minimum absolute atomic E-state index is 0.667. The molecule has 0 aliphatic heterocycles. The number of anilines is 1. The normalized spacial score (nSPS) is 10.4. The van der Waals surface area contributed by atoms with E-state index in [2.05, 4.69) is 46.4 Å². The summed E-state index contributed by atoms with van der Waals surface area (Å²) in [4.78, 5) is 0. The summed E-state index contributed by atoms with van der Waals surface area (Å²) in [6, 6.07) is 10.5. The van der Waals surface area contributed by atoms with Crippen LogP contribution in [0.25, 0.3) is 0 Å². The number of rotatable bonds is 6. The second-order valence-electron chi connectivity index (χ2n) is 3.94. The molecular weight excluding hydrogens is 230 g/mol. The molecule has 90 valence electrons. The van der Waals surface area contributed by atoms with E-state index >= 15 is 0 Å². The molecule has 1 aromatic heterocycles. The van der Waals surface area contributed by atoms with Gasteiger partial charge in [0.05, 0.1) is 6.61 Å². The van der Waals surface area contributed by atoms with E-state index in [4.69, 9.17) is 4.74 Å². The van der Waals surface area contributed by atoms with Crippen molar-refractivity contribution in [3.05, 3.63) is 52.2 Å². The molecule has 17 heavy (non-hydrogen) atoms. The second kappa shape index (κ2) is 6.42. The van der Waals surface area contributed by atoms with Gasteiger partial charge in [0.25, 0.3) is 0 Å². The maximum absolute atomic E-state index is 5.12. The van der Waals surface area contributed by atoms with E-state index < -0.39 is 0 Å². The minimum atomic E-state index is 0.667. The lowest BCUT2D eigenvalue weighted by Gasteiger charge is -2.07. The fraction of sp³-hybridized carbons (Fsp3) is 0.286. The van der Waals surface area contributed by atoms with E-state index in [1.165, 1.54) is 11.1 Å². The molecule has 1 aromatic carbocycles. The first-order chi connectivity index (χ1) is 8.38. The first-order valence-corrected chi connectivity index (χ1v) is 6.65. The van der Waals surface area contributed by atoms with Crippen LogP contribution < -0.4 is 5.32 Å². The molecule has 1 N–H and O–H groups in total. The van der Waals surface area contributed by atoms with E-state index in [0.717, 1.165) is 18.7 Å². The van der Waals surface area contributed by atoms with E-state index in [-0.39, 0.29) is 0 Å². The molecule has 0 amide bonds. The van der Waals surface area contributed by atoms with Gasteiger partial charge in [0, 0.05) is 19.3 Å². The van der Waals surface area contributed by atoms with Gasteiger partial charge in [-0.15, -0.1) is 0 Å². The molecule has 0 saturated heterocycles. The summed E-state index contributed by atoms with van der Waals surface area (Å²) in [5.74, 6) is 0. The van der Waals surface area contributed by atoms with Gasteiger partial charge in [0.15, 0.2) is 0 Å². The van der Waals surface area contributed by atoms with Crippen LogP contribution in [0, 0.1) is 0 Å². The van der Waals surface area contributed by atoms with Gasteiger partial charge in [-0.25, -0.2) is 0 Å². The van der Waals surface area contributed by atoms with Gasteiger partial charge in [-0.1, -0.05) is 12.1 Å². The Kier molecular flexibility index (Phi) is 4.59. The van der Waals surface area contributed by atoms with Crippen molar-refractivity contribution in [2.24, 2.45) is 0 Å². The zero-order valence-electron chi connectivity index (χ0n) is 9.98. The zero-order chi connectivity index (χ0) is 11.9. The molecule has 2 rings (SSSR count). The number of ether oxygens (including phenoxy) is 1. The summed E-state index contributed by atoms with van der Waals surface area (Å²) in [5, 5.41) is 7.75. The van der Waals surface area contributed by atoms with Crippen LogP contribution in [0.15, 0.2) is 41.1 Å². The molecule has 0 atom stereocenters. The fourth-order valence-corrected chi connectivity index (χ4v) is 2.43. The van der Waals surface area contributed by atoms with Crippen LogP contribution in [0.1, 0.15) is 11.1 Å². The van der Waals surface area contributed by atoms with Crippen LogP contribution in [-0.4, -0.2) is 13.7 Å². The van der Waals surface area contributed by atoms with Crippen molar-refractivity contribution in [1.29, 1.82) is 0 Å². The lowest BCUT2D eigenvalue weighted by atomic mass is 10.2. The Labute approximate surface area is 106 Å². The predicted molar refractivity (Wildman–Crippen MR) is 73.7 cm³/mol. The summed E-state index contributed by atoms with van der Waals surface area (Å²) >= 11 is 1.75. The van der Waals surface area contributed by atoms with Gasteiger partial charge in [-0.3, -0.25) is 0 Å². The Bertz CT molecular complexity index is 439. The molecule has 0 unspecified atom stereocenters. The van der Waals surface area contributed by atoms with Crippen LogP contribution in [0.3, 0.4) is 0 Å². The monoisotopic (exact) mass is 247 g/mol. The molecule has 0 fully saturated rings. The maximum Gasteiger partial charge on any atom is 0.0713 e. The van der Waals surface area contributed by atoms with Gasteiger partial charge in [0.2, 0.25) is 0 Å².